The lowest BCUT2D eigenvalue weighted by Gasteiger charge is -2.26. The van der Waals surface area contributed by atoms with Crippen LogP contribution < -0.4 is 0 Å². The zero-order chi connectivity index (χ0) is 11.2. The van der Waals surface area contributed by atoms with E-state index >= 15 is 0 Å². The Morgan fingerprint density at radius 3 is 2.81 bits per heavy atom. The van der Waals surface area contributed by atoms with Gasteiger partial charge in [-0.05, 0) is 54.0 Å². The second-order valence-corrected chi connectivity index (χ2v) is 5.62. The van der Waals surface area contributed by atoms with Gasteiger partial charge in [-0.3, -0.25) is 0 Å². The number of hydrogen-bond acceptors (Lipinski definition) is 1. The summed E-state index contributed by atoms with van der Waals surface area (Å²) in [6.45, 7) is 0. The molecule has 0 aliphatic heterocycles. The summed E-state index contributed by atoms with van der Waals surface area (Å²) in [6, 6.07) is 2.22. The average molecular weight is 232 g/mol. The largest absolute Gasteiger partial charge is 0.152 e. The van der Waals surface area contributed by atoms with Gasteiger partial charge in [0.05, 0.1) is 0 Å². The standard InChI is InChI=1S/C15H20S/c1-2-14(15-6-4-3-5-7-15)9-8-13-10-11-16-12-13/h1,10-12,14-15H,3-9H2/t14-/m0/s1. The number of aryl methyl sites for hydroxylation is 1. The van der Waals surface area contributed by atoms with Gasteiger partial charge in [0.1, 0.15) is 0 Å². The highest BCUT2D eigenvalue weighted by molar-refractivity contribution is 7.07. The normalized spacial score (nSPS) is 19.2. The molecule has 1 aromatic rings. The van der Waals surface area contributed by atoms with E-state index < -0.39 is 0 Å². The lowest BCUT2D eigenvalue weighted by Crippen LogP contribution is -2.17. The van der Waals surface area contributed by atoms with Gasteiger partial charge in [-0.1, -0.05) is 19.3 Å². The topological polar surface area (TPSA) is 0 Å². The van der Waals surface area contributed by atoms with Crippen LogP contribution in [0, 0.1) is 24.2 Å². The molecule has 1 aliphatic rings. The zero-order valence-corrected chi connectivity index (χ0v) is 10.6. The van der Waals surface area contributed by atoms with Crippen LogP contribution in [0.3, 0.4) is 0 Å². The molecule has 0 saturated heterocycles. The summed E-state index contributed by atoms with van der Waals surface area (Å²) in [6.07, 6.45) is 15.0. The Morgan fingerprint density at radius 2 is 2.19 bits per heavy atom. The smallest absolute Gasteiger partial charge is 0.0231 e. The van der Waals surface area contributed by atoms with Crippen molar-refractivity contribution in [2.45, 2.75) is 44.9 Å². The summed E-state index contributed by atoms with van der Waals surface area (Å²) in [5, 5.41) is 4.40. The SMILES string of the molecule is C#C[C@@H](CCc1ccsc1)C1CCCCC1. The highest BCUT2D eigenvalue weighted by Crippen LogP contribution is 2.32. The van der Waals surface area contributed by atoms with Crippen LogP contribution in [0.5, 0.6) is 0 Å². The molecule has 86 valence electrons. The van der Waals surface area contributed by atoms with E-state index in [1.165, 1.54) is 44.1 Å². The third kappa shape index (κ3) is 3.12. The Balaban J connectivity index is 1.83. The van der Waals surface area contributed by atoms with Crippen molar-refractivity contribution in [2.24, 2.45) is 11.8 Å². The fourth-order valence-electron chi connectivity index (χ4n) is 2.75. The van der Waals surface area contributed by atoms with Crippen LogP contribution in [0.25, 0.3) is 0 Å². The molecular formula is C15H20S. The second-order valence-electron chi connectivity index (χ2n) is 4.84. The minimum absolute atomic E-state index is 0.514. The van der Waals surface area contributed by atoms with Crippen molar-refractivity contribution in [2.75, 3.05) is 0 Å². The molecule has 0 bridgehead atoms. The molecule has 1 atom stereocenters. The molecule has 1 aromatic heterocycles. The molecule has 16 heavy (non-hydrogen) atoms. The van der Waals surface area contributed by atoms with Crippen LogP contribution in [-0.2, 0) is 6.42 Å². The lowest BCUT2D eigenvalue weighted by atomic mass is 9.78. The fourth-order valence-corrected chi connectivity index (χ4v) is 3.45. The molecule has 0 spiro atoms. The highest BCUT2D eigenvalue weighted by atomic mass is 32.1. The number of hydrogen-bond donors (Lipinski definition) is 0. The van der Waals surface area contributed by atoms with E-state index in [9.17, 15) is 0 Å². The van der Waals surface area contributed by atoms with E-state index in [-0.39, 0.29) is 0 Å². The average Bonchev–Trinajstić information content (AvgIpc) is 2.84. The molecule has 1 heterocycles. The molecule has 0 radical (unpaired) electrons. The van der Waals surface area contributed by atoms with E-state index in [4.69, 9.17) is 6.42 Å². The predicted molar refractivity (Wildman–Crippen MR) is 71.5 cm³/mol. The van der Waals surface area contributed by atoms with E-state index in [0.29, 0.717) is 5.92 Å². The van der Waals surface area contributed by atoms with Gasteiger partial charge in [-0.2, -0.15) is 11.3 Å². The van der Waals surface area contributed by atoms with Crippen molar-refractivity contribution in [3.63, 3.8) is 0 Å². The molecule has 0 unspecified atom stereocenters. The van der Waals surface area contributed by atoms with Crippen LogP contribution >= 0.6 is 11.3 Å². The Labute approximate surface area is 103 Å². The summed E-state index contributed by atoms with van der Waals surface area (Å²) in [7, 11) is 0. The fraction of sp³-hybridized carbons (Fsp3) is 0.600. The van der Waals surface area contributed by atoms with Crippen molar-refractivity contribution >= 4 is 11.3 Å². The lowest BCUT2D eigenvalue weighted by molar-refractivity contribution is 0.283. The van der Waals surface area contributed by atoms with E-state index in [1.54, 1.807) is 11.3 Å². The molecular weight excluding hydrogens is 212 g/mol. The first-order chi connectivity index (χ1) is 7.90. The van der Waals surface area contributed by atoms with Crippen molar-refractivity contribution < 1.29 is 0 Å². The molecule has 0 amide bonds. The van der Waals surface area contributed by atoms with Crippen LogP contribution in [0.2, 0.25) is 0 Å². The van der Waals surface area contributed by atoms with Crippen molar-refractivity contribution in [3.05, 3.63) is 22.4 Å². The first-order valence-electron chi connectivity index (χ1n) is 6.37. The quantitative estimate of drug-likeness (QED) is 0.670. The molecule has 1 heteroatoms. The van der Waals surface area contributed by atoms with E-state index in [1.807, 2.05) is 0 Å². The van der Waals surface area contributed by atoms with Crippen LogP contribution in [0.4, 0.5) is 0 Å². The maximum Gasteiger partial charge on any atom is 0.0231 e. The van der Waals surface area contributed by atoms with Crippen molar-refractivity contribution in [3.8, 4) is 12.3 Å². The summed E-state index contributed by atoms with van der Waals surface area (Å²) < 4.78 is 0. The van der Waals surface area contributed by atoms with Crippen LogP contribution in [0.15, 0.2) is 16.8 Å². The number of thiophene rings is 1. The van der Waals surface area contributed by atoms with Gasteiger partial charge in [-0.15, -0.1) is 12.3 Å². The summed E-state index contributed by atoms with van der Waals surface area (Å²) in [5.41, 5.74) is 1.46. The minimum Gasteiger partial charge on any atom is -0.152 e. The Morgan fingerprint density at radius 1 is 1.38 bits per heavy atom. The van der Waals surface area contributed by atoms with Gasteiger partial charge in [0.2, 0.25) is 0 Å². The Bertz CT molecular complexity index is 325. The molecule has 1 aliphatic carbocycles. The van der Waals surface area contributed by atoms with Crippen molar-refractivity contribution in [1.82, 2.24) is 0 Å². The van der Waals surface area contributed by atoms with Gasteiger partial charge < -0.3 is 0 Å². The third-order valence-electron chi connectivity index (χ3n) is 3.76. The van der Waals surface area contributed by atoms with Gasteiger partial charge in [0.25, 0.3) is 0 Å². The van der Waals surface area contributed by atoms with Gasteiger partial charge in [0, 0.05) is 5.92 Å². The van der Waals surface area contributed by atoms with E-state index in [2.05, 4.69) is 22.7 Å². The maximum atomic E-state index is 5.70. The summed E-state index contributed by atoms with van der Waals surface area (Å²) >= 11 is 1.78. The van der Waals surface area contributed by atoms with E-state index in [0.717, 1.165) is 12.3 Å². The van der Waals surface area contributed by atoms with Gasteiger partial charge in [-0.25, -0.2) is 0 Å². The molecule has 1 saturated carbocycles. The first-order valence-corrected chi connectivity index (χ1v) is 7.31. The maximum absolute atomic E-state index is 5.70. The van der Waals surface area contributed by atoms with Gasteiger partial charge in [0.15, 0.2) is 0 Å². The minimum atomic E-state index is 0.514. The summed E-state index contributed by atoms with van der Waals surface area (Å²) in [5.74, 6) is 4.35. The third-order valence-corrected chi connectivity index (χ3v) is 4.49. The van der Waals surface area contributed by atoms with Crippen molar-refractivity contribution in [1.29, 1.82) is 0 Å². The Kier molecular flexibility index (Phi) is 4.48. The molecule has 1 fully saturated rings. The second kappa shape index (κ2) is 6.11. The molecule has 2 rings (SSSR count). The molecule has 0 aromatic carbocycles. The predicted octanol–water partition coefficient (Wildman–Crippen LogP) is 4.51. The van der Waals surface area contributed by atoms with Crippen LogP contribution in [0.1, 0.15) is 44.1 Å². The van der Waals surface area contributed by atoms with Gasteiger partial charge >= 0.3 is 0 Å². The molecule has 0 nitrogen and oxygen atoms in total. The first kappa shape index (κ1) is 11.7. The zero-order valence-electron chi connectivity index (χ0n) is 9.82. The number of rotatable bonds is 4. The highest BCUT2D eigenvalue weighted by Gasteiger charge is 2.21. The van der Waals surface area contributed by atoms with Crippen LogP contribution in [-0.4, -0.2) is 0 Å². The summed E-state index contributed by atoms with van der Waals surface area (Å²) in [4.78, 5) is 0. The number of terminal acetylenes is 1. The molecule has 0 N–H and O–H groups in total. The Hall–Kier alpha value is -0.740. The monoisotopic (exact) mass is 232 g/mol.